The summed E-state index contributed by atoms with van der Waals surface area (Å²) in [6.45, 7) is 2.42. The summed E-state index contributed by atoms with van der Waals surface area (Å²) in [4.78, 5) is 29.9. The predicted octanol–water partition coefficient (Wildman–Crippen LogP) is 7.33. The summed E-state index contributed by atoms with van der Waals surface area (Å²) in [5, 5.41) is 25.2. The van der Waals surface area contributed by atoms with Crippen LogP contribution in [0, 0.1) is 17.8 Å². The molecule has 4 aromatic rings. The number of amides is 2. The Labute approximate surface area is 267 Å². The van der Waals surface area contributed by atoms with Crippen LogP contribution in [0.1, 0.15) is 48.6 Å². The van der Waals surface area contributed by atoms with Gasteiger partial charge in [0.05, 0.1) is 24.5 Å². The summed E-state index contributed by atoms with van der Waals surface area (Å²) in [5.41, 5.74) is 5.53. The van der Waals surface area contributed by atoms with Crippen LogP contribution in [0.25, 0.3) is 22.4 Å². The van der Waals surface area contributed by atoms with Gasteiger partial charge in [-0.15, -0.1) is 11.3 Å². The number of rotatable bonds is 8. The number of nitrogens with zero attached hydrogens (tertiary/aromatic N) is 1. The third kappa shape index (κ3) is 5.56. The van der Waals surface area contributed by atoms with Gasteiger partial charge >= 0.3 is 7.12 Å². The van der Waals surface area contributed by atoms with Gasteiger partial charge in [0.1, 0.15) is 5.75 Å². The van der Waals surface area contributed by atoms with E-state index in [1.54, 1.807) is 17.4 Å². The van der Waals surface area contributed by atoms with Crippen molar-refractivity contribution in [3.63, 3.8) is 0 Å². The molecule has 2 N–H and O–H groups in total. The quantitative estimate of drug-likeness (QED) is 0.0936. The van der Waals surface area contributed by atoms with Gasteiger partial charge in [-0.2, -0.15) is 0 Å². The van der Waals surface area contributed by atoms with Crippen molar-refractivity contribution in [3.05, 3.63) is 111 Å². The Morgan fingerprint density at radius 2 is 1.76 bits per heavy atom. The minimum Gasteiger partial charge on any atom is -0.507 e. The molecule has 45 heavy (non-hydrogen) atoms. The maximum atomic E-state index is 13.9. The molecule has 2 aliphatic heterocycles. The number of phenols is 1. The van der Waals surface area contributed by atoms with Crippen LogP contribution in [0.3, 0.4) is 0 Å². The summed E-state index contributed by atoms with van der Waals surface area (Å²) in [5.74, 6) is -1.01. The van der Waals surface area contributed by atoms with E-state index in [0.717, 1.165) is 44.3 Å². The van der Waals surface area contributed by atoms with Gasteiger partial charge in [-0.05, 0) is 83.1 Å². The molecular formula is C37H36BNO5S. The predicted molar refractivity (Wildman–Crippen MR) is 179 cm³/mol. The molecule has 3 aliphatic rings. The van der Waals surface area contributed by atoms with Gasteiger partial charge in [-0.1, -0.05) is 85.3 Å². The van der Waals surface area contributed by atoms with Gasteiger partial charge in [0.25, 0.3) is 0 Å². The molecule has 6 nitrogen and oxygen atoms in total. The van der Waals surface area contributed by atoms with Crippen molar-refractivity contribution in [3.8, 4) is 5.75 Å². The molecule has 0 spiro atoms. The maximum absolute atomic E-state index is 13.9. The molecule has 2 amide bonds. The van der Waals surface area contributed by atoms with E-state index in [9.17, 15) is 19.7 Å². The summed E-state index contributed by atoms with van der Waals surface area (Å²) in [6, 6.07) is 25.7. The van der Waals surface area contributed by atoms with Crippen LogP contribution in [-0.4, -0.2) is 40.1 Å². The van der Waals surface area contributed by atoms with E-state index in [1.807, 2.05) is 66.0 Å². The number of carbonyl (C=O) groups excluding carboxylic acids is 2. The monoisotopic (exact) mass is 617 g/mol. The van der Waals surface area contributed by atoms with Crippen molar-refractivity contribution in [2.75, 3.05) is 0 Å². The van der Waals surface area contributed by atoms with Gasteiger partial charge < -0.3 is 14.8 Å². The van der Waals surface area contributed by atoms with Gasteiger partial charge in [0.2, 0.25) is 11.8 Å². The SMILES string of the molecule is CCC1=C2[C@@H](CC/C(=C/c3ccc(O)c4ccccc34)c3ccccc3)OB(O)C[C@@H]2[C@@H]2C(=O)N(Cc3cccs3)C(=O)[C@@H]2C1. The average molecular weight is 618 g/mol. The molecule has 0 radical (unpaired) electrons. The number of benzene rings is 3. The van der Waals surface area contributed by atoms with Crippen molar-refractivity contribution in [1.29, 1.82) is 0 Å². The fourth-order valence-corrected chi connectivity index (χ4v) is 8.43. The van der Waals surface area contributed by atoms with Gasteiger partial charge in [-0.25, -0.2) is 0 Å². The molecule has 0 unspecified atom stereocenters. The highest BCUT2D eigenvalue weighted by molar-refractivity contribution is 7.09. The highest BCUT2D eigenvalue weighted by Gasteiger charge is 2.57. The Hall–Kier alpha value is -3.98. The topological polar surface area (TPSA) is 87.1 Å². The lowest BCUT2D eigenvalue weighted by Gasteiger charge is -2.43. The second-order valence-corrected chi connectivity index (χ2v) is 13.3. The number of fused-ring (bicyclic) bond motifs is 4. The van der Waals surface area contributed by atoms with Gasteiger partial charge in [0, 0.05) is 10.3 Å². The third-order valence-corrected chi connectivity index (χ3v) is 10.7. The van der Waals surface area contributed by atoms with E-state index in [1.165, 1.54) is 10.5 Å². The van der Waals surface area contributed by atoms with Crippen molar-refractivity contribution < 1.29 is 24.4 Å². The normalized spacial score (nSPS) is 23.6. The summed E-state index contributed by atoms with van der Waals surface area (Å²) in [7, 11) is -1.000. The molecule has 3 aromatic carbocycles. The lowest BCUT2D eigenvalue weighted by Crippen LogP contribution is -2.46. The molecule has 0 saturated carbocycles. The van der Waals surface area contributed by atoms with Crippen molar-refractivity contribution in [2.24, 2.45) is 17.8 Å². The minimum atomic E-state index is -1.000. The molecule has 2 saturated heterocycles. The third-order valence-electron chi connectivity index (χ3n) is 9.81. The van der Waals surface area contributed by atoms with Crippen LogP contribution in [0.15, 0.2) is 95.4 Å². The second-order valence-electron chi connectivity index (χ2n) is 12.3. The minimum absolute atomic E-state index is 0.0867. The highest BCUT2D eigenvalue weighted by Crippen LogP contribution is 2.51. The Bertz CT molecular complexity index is 1800. The van der Waals surface area contributed by atoms with E-state index in [-0.39, 0.29) is 35.5 Å². The van der Waals surface area contributed by atoms with Gasteiger partial charge in [-0.3, -0.25) is 14.5 Å². The Morgan fingerprint density at radius 3 is 2.51 bits per heavy atom. The Balaban J connectivity index is 1.21. The van der Waals surface area contributed by atoms with E-state index in [4.69, 9.17) is 4.65 Å². The zero-order valence-corrected chi connectivity index (χ0v) is 26.1. The lowest BCUT2D eigenvalue weighted by atomic mass is 9.58. The molecule has 7 rings (SSSR count). The molecule has 8 heteroatoms. The van der Waals surface area contributed by atoms with E-state index in [0.29, 0.717) is 32.1 Å². The number of imide groups is 1. The Kier molecular flexibility index (Phi) is 8.21. The first-order chi connectivity index (χ1) is 21.9. The number of allylic oxidation sites excluding steroid dienone is 2. The second kappa shape index (κ2) is 12.4. The molecule has 3 heterocycles. The lowest BCUT2D eigenvalue weighted by molar-refractivity contribution is -0.140. The summed E-state index contributed by atoms with van der Waals surface area (Å²) >= 11 is 1.55. The van der Waals surface area contributed by atoms with Crippen LogP contribution < -0.4 is 0 Å². The fourth-order valence-electron chi connectivity index (χ4n) is 7.74. The number of likely N-dealkylation sites (tertiary alicyclic amines) is 1. The maximum Gasteiger partial charge on any atom is 0.455 e. The first kappa shape index (κ1) is 29.7. The van der Waals surface area contributed by atoms with Crippen molar-refractivity contribution in [2.45, 2.75) is 51.6 Å². The van der Waals surface area contributed by atoms with E-state index < -0.39 is 13.0 Å². The number of hydrogen-bond donors (Lipinski definition) is 2. The van der Waals surface area contributed by atoms with Crippen LogP contribution in [-0.2, 0) is 20.8 Å². The van der Waals surface area contributed by atoms with Gasteiger partial charge in [0.15, 0.2) is 0 Å². The van der Waals surface area contributed by atoms with Crippen LogP contribution >= 0.6 is 11.3 Å². The summed E-state index contributed by atoms with van der Waals surface area (Å²) in [6.07, 6.45) is 4.79. The molecule has 2 fully saturated rings. The van der Waals surface area contributed by atoms with Crippen molar-refractivity contribution in [1.82, 2.24) is 4.90 Å². The first-order valence-corrected chi connectivity index (χ1v) is 16.7. The van der Waals surface area contributed by atoms with Crippen LogP contribution in [0.4, 0.5) is 0 Å². The zero-order chi connectivity index (χ0) is 31.1. The number of aromatic hydroxyl groups is 1. The van der Waals surface area contributed by atoms with Crippen LogP contribution in [0.2, 0.25) is 6.32 Å². The molecule has 0 bridgehead atoms. The fraction of sp³-hybridized carbons (Fsp3) is 0.297. The first-order valence-electron chi connectivity index (χ1n) is 15.8. The Morgan fingerprint density at radius 1 is 0.978 bits per heavy atom. The molecular weight excluding hydrogens is 581 g/mol. The number of hydrogen-bond acceptors (Lipinski definition) is 6. The van der Waals surface area contributed by atoms with Crippen LogP contribution in [0.5, 0.6) is 5.75 Å². The largest absolute Gasteiger partial charge is 0.507 e. The standard InChI is InChI=1S/C37H36BNO5S/c1-2-23-20-30-35(37(42)39(36(30)41)22-27-11-8-18-45-27)31-21-38(43)44-33(34(23)31)17-15-25(24-9-4-3-5-10-24)19-26-14-16-32(40)29-13-7-6-12-28(26)29/h3-14,16,18-19,30-31,33,35,40,43H,2,15,17,20-22H2,1H3/b25-19-/t30-,31+,33-,35-/m1/s1. The van der Waals surface area contributed by atoms with E-state index >= 15 is 0 Å². The number of phenolic OH excluding ortho intramolecular Hbond substituents is 1. The number of thiophene rings is 1. The molecule has 228 valence electrons. The zero-order valence-electron chi connectivity index (χ0n) is 25.3. The molecule has 1 aromatic heterocycles. The van der Waals surface area contributed by atoms with Crippen molar-refractivity contribution >= 4 is 52.7 Å². The smallest absolute Gasteiger partial charge is 0.455 e. The van der Waals surface area contributed by atoms with E-state index in [2.05, 4.69) is 25.1 Å². The number of carbonyl (C=O) groups is 2. The molecule has 1 aliphatic carbocycles. The summed E-state index contributed by atoms with van der Waals surface area (Å²) < 4.78 is 6.26. The average Bonchev–Trinajstić information content (AvgIpc) is 3.66. The molecule has 4 atom stereocenters. The highest BCUT2D eigenvalue weighted by atomic mass is 32.1.